The Kier molecular flexibility index (Phi) is 8.78. The van der Waals surface area contributed by atoms with Crippen LogP contribution in [0.15, 0.2) is 46.9 Å². The van der Waals surface area contributed by atoms with E-state index in [2.05, 4.69) is 21.2 Å². The third-order valence-corrected chi connectivity index (χ3v) is 5.17. The van der Waals surface area contributed by atoms with Gasteiger partial charge >= 0.3 is 5.97 Å². The zero-order chi connectivity index (χ0) is 18.9. The molecule has 0 spiro atoms. The molecule has 2 rings (SSSR count). The fourth-order valence-corrected chi connectivity index (χ4v) is 3.36. The molecule has 0 saturated heterocycles. The Morgan fingerprint density at radius 2 is 2.04 bits per heavy atom. The van der Waals surface area contributed by atoms with Gasteiger partial charge < -0.3 is 15.2 Å². The lowest BCUT2D eigenvalue weighted by molar-refractivity contribution is -0.139. The quantitative estimate of drug-likeness (QED) is 0.526. The highest BCUT2D eigenvalue weighted by molar-refractivity contribution is 9.10. The van der Waals surface area contributed by atoms with Gasteiger partial charge in [-0.2, -0.15) is 11.8 Å². The number of ether oxygens (including phenoxy) is 1. The van der Waals surface area contributed by atoms with Crippen molar-refractivity contribution >= 4 is 45.3 Å². The molecule has 2 aromatic carbocycles. The van der Waals surface area contributed by atoms with Crippen molar-refractivity contribution in [3.05, 3.63) is 63.1 Å². The Morgan fingerprint density at radius 1 is 1.31 bits per heavy atom. The largest absolute Gasteiger partial charge is 0.489 e. The molecular weight excluding hydrogens is 438 g/mol. The highest BCUT2D eigenvalue weighted by Gasteiger charge is 2.17. The number of halogens is 2. The zero-order valence-electron chi connectivity index (χ0n) is 14.4. The molecule has 0 fully saturated rings. The van der Waals surface area contributed by atoms with Crippen LogP contribution in [0.1, 0.15) is 17.5 Å². The first kappa shape index (κ1) is 21.1. The Labute approximate surface area is 171 Å². The number of nitrogens with one attached hydrogen (secondary N) is 1. The molecule has 0 amide bonds. The minimum absolute atomic E-state index is 0.417. The van der Waals surface area contributed by atoms with E-state index in [-0.39, 0.29) is 0 Å². The van der Waals surface area contributed by atoms with Gasteiger partial charge in [0.15, 0.2) is 0 Å². The minimum atomic E-state index is -0.835. The maximum Gasteiger partial charge on any atom is 0.320 e. The lowest BCUT2D eigenvalue weighted by Gasteiger charge is -2.17. The van der Waals surface area contributed by atoms with E-state index in [0.29, 0.717) is 24.6 Å². The maximum atomic E-state index is 11.4. The van der Waals surface area contributed by atoms with Crippen LogP contribution in [-0.4, -0.2) is 29.1 Å². The van der Waals surface area contributed by atoms with Crippen molar-refractivity contribution in [3.8, 4) is 5.75 Å². The molecule has 0 aliphatic carbocycles. The van der Waals surface area contributed by atoms with Gasteiger partial charge in [-0.05, 0) is 54.3 Å². The fourth-order valence-electron chi connectivity index (χ4n) is 2.35. The van der Waals surface area contributed by atoms with Crippen LogP contribution < -0.4 is 10.1 Å². The van der Waals surface area contributed by atoms with E-state index in [4.69, 9.17) is 16.3 Å². The van der Waals surface area contributed by atoms with Gasteiger partial charge in [-0.15, -0.1) is 0 Å². The van der Waals surface area contributed by atoms with E-state index >= 15 is 0 Å². The van der Waals surface area contributed by atoms with E-state index in [1.165, 1.54) is 0 Å². The van der Waals surface area contributed by atoms with Gasteiger partial charge in [0.25, 0.3) is 0 Å². The van der Waals surface area contributed by atoms with E-state index in [0.717, 1.165) is 27.1 Å². The molecule has 0 aromatic heterocycles. The van der Waals surface area contributed by atoms with E-state index in [9.17, 15) is 9.90 Å². The molecule has 4 nitrogen and oxygen atoms in total. The predicted octanol–water partition coefficient (Wildman–Crippen LogP) is 4.98. The number of rotatable bonds is 10. The average Bonchev–Trinajstić information content (AvgIpc) is 2.62. The molecule has 7 heteroatoms. The molecule has 0 saturated carbocycles. The molecule has 0 aliphatic rings. The van der Waals surface area contributed by atoms with Crippen molar-refractivity contribution in [2.45, 2.75) is 25.6 Å². The normalized spacial score (nSPS) is 12.0. The summed E-state index contributed by atoms with van der Waals surface area (Å²) in [6.45, 7) is 0.835. The minimum Gasteiger partial charge on any atom is -0.489 e. The summed E-state index contributed by atoms with van der Waals surface area (Å²) in [5.74, 6) is 0.685. The molecule has 2 aromatic rings. The number of benzene rings is 2. The summed E-state index contributed by atoms with van der Waals surface area (Å²) in [4.78, 5) is 11.4. The van der Waals surface area contributed by atoms with Crippen molar-refractivity contribution in [3.63, 3.8) is 0 Å². The highest BCUT2D eigenvalue weighted by atomic mass is 79.9. The van der Waals surface area contributed by atoms with Gasteiger partial charge in [0.1, 0.15) is 18.4 Å². The van der Waals surface area contributed by atoms with Crippen LogP contribution in [0.5, 0.6) is 5.75 Å². The molecule has 0 bridgehead atoms. The Bertz CT molecular complexity index is 727. The number of carboxylic acids is 1. The van der Waals surface area contributed by atoms with Crippen LogP contribution in [0.4, 0.5) is 0 Å². The summed E-state index contributed by atoms with van der Waals surface area (Å²) >= 11 is 11.0. The van der Waals surface area contributed by atoms with Crippen LogP contribution in [-0.2, 0) is 17.9 Å². The summed E-state index contributed by atoms with van der Waals surface area (Å²) in [5, 5.41) is 13.2. The summed E-state index contributed by atoms with van der Waals surface area (Å²) in [6.07, 6.45) is 2.54. The van der Waals surface area contributed by atoms with Crippen LogP contribution in [0, 0.1) is 0 Å². The van der Waals surface area contributed by atoms with Crippen molar-refractivity contribution in [2.24, 2.45) is 0 Å². The average molecular weight is 459 g/mol. The molecule has 2 N–H and O–H groups in total. The number of aliphatic carboxylic acids is 1. The Balaban J connectivity index is 2.03. The molecular formula is C19H21BrClNO3S. The lowest BCUT2D eigenvalue weighted by Crippen LogP contribution is -2.36. The van der Waals surface area contributed by atoms with Crippen molar-refractivity contribution in [2.75, 3.05) is 12.0 Å². The van der Waals surface area contributed by atoms with Gasteiger partial charge in [-0.3, -0.25) is 4.79 Å². The smallest absolute Gasteiger partial charge is 0.320 e. The highest BCUT2D eigenvalue weighted by Crippen LogP contribution is 2.24. The van der Waals surface area contributed by atoms with Crippen molar-refractivity contribution in [1.29, 1.82) is 0 Å². The SMILES string of the molecule is CSCCC(NCc1cc(Br)ccc1OCc1ccc(Cl)cc1)C(=O)O. The maximum absolute atomic E-state index is 11.4. The van der Waals surface area contributed by atoms with Crippen LogP contribution in [0.2, 0.25) is 5.02 Å². The second kappa shape index (κ2) is 10.8. The summed E-state index contributed by atoms with van der Waals surface area (Å²) in [5.41, 5.74) is 1.92. The molecule has 140 valence electrons. The van der Waals surface area contributed by atoms with Gasteiger partial charge in [-0.25, -0.2) is 0 Å². The summed E-state index contributed by atoms with van der Waals surface area (Å²) < 4.78 is 6.86. The molecule has 1 unspecified atom stereocenters. The fraction of sp³-hybridized carbons (Fsp3) is 0.316. The number of hydrogen-bond acceptors (Lipinski definition) is 4. The standard InChI is InChI=1S/C19H21BrClNO3S/c1-26-9-8-17(19(23)24)22-11-14-10-15(20)4-7-18(14)25-12-13-2-5-16(21)6-3-13/h2-7,10,17,22H,8-9,11-12H2,1H3,(H,23,24). The molecule has 0 radical (unpaired) electrons. The molecule has 0 heterocycles. The third-order valence-electron chi connectivity index (χ3n) is 3.78. The van der Waals surface area contributed by atoms with Crippen LogP contribution in [0.25, 0.3) is 0 Å². The number of carboxylic acid groups (broad SMARTS) is 1. The summed E-state index contributed by atoms with van der Waals surface area (Å²) in [7, 11) is 0. The molecule has 0 aliphatic heterocycles. The van der Waals surface area contributed by atoms with Gasteiger partial charge in [0.05, 0.1) is 0 Å². The number of thioether (sulfide) groups is 1. The van der Waals surface area contributed by atoms with Crippen molar-refractivity contribution in [1.82, 2.24) is 5.32 Å². The second-order valence-corrected chi connectivity index (χ2v) is 8.06. The first-order valence-electron chi connectivity index (χ1n) is 8.10. The zero-order valence-corrected chi connectivity index (χ0v) is 17.5. The van der Waals surface area contributed by atoms with Crippen LogP contribution in [0.3, 0.4) is 0 Å². The van der Waals surface area contributed by atoms with Gasteiger partial charge in [0, 0.05) is 21.6 Å². The van der Waals surface area contributed by atoms with E-state index in [1.807, 2.05) is 48.7 Å². The summed E-state index contributed by atoms with van der Waals surface area (Å²) in [6, 6.07) is 12.6. The van der Waals surface area contributed by atoms with E-state index in [1.54, 1.807) is 11.8 Å². The topological polar surface area (TPSA) is 58.6 Å². The number of carbonyl (C=O) groups is 1. The van der Waals surface area contributed by atoms with Gasteiger partial charge in [-0.1, -0.05) is 39.7 Å². The first-order valence-corrected chi connectivity index (χ1v) is 10.7. The molecule has 1 atom stereocenters. The second-order valence-electron chi connectivity index (χ2n) is 5.72. The predicted molar refractivity (Wildman–Crippen MR) is 111 cm³/mol. The van der Waals surface area contributed by atoms with E-state index < -0.39 is 12.0 Å². The monoisotopic (exact) mass is 457 g/mol. The third kappa shape index (κ3) is 6.83. The lowest BCUT2D eigenvalue weighted by atomic mass is 10.1. The van der Waals surface area contributed by atoms with Gasteiger partial charge in [0.2, 0.25) is 0 Å². The first-order chi connectivity index (χ1) is 12.5. The Morgan fingerprint density at radius 3 is 2.69 bits per heavy atom. The molecule has 26 heavy (non-hydrogen) atoms. The Hall–Kier alpha value is -1.21. The van der Waals surface area contributed by atoms with Crippen LogP contribution >= 0.6 is 39.3 Å². The number of hydrogen-bond donors (Lipinski definition) is 2. The van der Waals surface area contributed by atoms with Crippen molar-refractivity contribution < 1.29 is 14.6 Å².